The summed E-state index contributed by atoms with van der Waals surface area (Å²) in [4.78, 5) is 4.34. The van der Waals surface area contributed by atoms with Crippen LogP contribution in [0.2, 0.25) is 0 Å². The zero-order valence-corrected chi connectivity index (χ0v) is 11.0. The number of nitrogens with one attached hydrogen (secondary N) is 1. The van der Waals surface area contributed by atoms with Crippen LogP contribution in [0.1, 0.15) is 45.3 Å². The fourth-order valence-corrected chi connectivity index (χ4v) is 2.90. The van der Waals surface area contributed by atoms with Gasteiger partial charge in [0.05, 0.1) is 16.8 Å². The lowest BCUT2D eigenvalue weighted by molar-refractivity contribution is -0.0640. The number of nitrogens with zero attached hydrogens (tertiary/aromatic N) is 1. The Hall–Kier alpha value is -0.450. The lowest BCUT2D eigenvalue weighted by atomic mass is 9.93. The number of hydrogen-bond donors (Lipinski definition) is 1. The van der Waals surface area contributed by atoms with Gasteiger partial charge in [0.25, 0.3) is 0 Å². The van der Waals surface area contributed by atoms with Gasteiger partial charge in [-0.2, -0.15) is 0 Å². The Balaban J connectivity index is 1.90. The lowest BCUT2D eigenvalue weighted by Crippen LogP contribution is -2.44. The smallest absolute Gasteiger partial charge is 0.0795 e. The molecule has 2 rings (SSSR count). The van der Waals surface area contributed by atoms with Crippen molar-refractivity contribution in [3.05, 3.63) is 16.6 Å². The first-order chi connectivity index (χ1) is 7.57. The molecule has 4 heteroatoms. The molecule has 2 atom stereocenters. The van der Waals surface area contributed by atoms with Crippen molar-refractivity contribution in [3.63, 3.8) is 0 Å². The van der Waals surface area contributed by atoms with Gasteiger partial charge in [0, 0.05) is 24.1 Å². The maximum absolute atomic E-state index is 5.71. The molecule has 1 saturated heterocycles. The molecule has 0 radical (unpaired) electrons. The molecule has 0 aliphatic carbocycles. The Morgan fingerprint density at radius 3 is 3.06 bits per heavy atom. The van der Waals surface area contributed by atoms with Crippen LogP contribution < -0.4 is 5.32 Å². The van der Waals surface area contributed by atoms with E-state index < -0.39 is 0 Å². The largest absolute Gasteiger partial charge is 0.375 e. The average Bonchev–Trinajstić information content (AvgIpc) is 2.68. The molecule has 16 heavy (non-hydrogen) atoms. The molecule has 0 saturated carbocycles. The zero-order chi connectivity index (χ0) is 11.6. The van der Waals surface area contributed by atoms with Crippen molar-refractivity contribution in [1.29, 1.82) is 0 Å². The molecular weight excluding hydrogens is 220 g/mol. The molecule has 1 aromatic rings. The van der Waals surface area contributed by atoms with Gasteiger partial charge in [-0.25, -0.2) is 4.98 Å². The molecule has 0 spiro atoms. The van der Waals surface area contributed by atoms with Gasteiger partial charge in [-0.1, -0.05) is 0 Å². The van der Waals surface area contributed by atoms with Crippen LogP contribution >= 0.6 is 11.3 Å². The second kappa shape index (κ2) is 4.82. The van der Waals surface area contributed by atoms with Crippen LogP contribution in [0.4, 0.5) is 0 Å². The Morgan fingerprint density at radius 1 is 1.62 bits per heavy atom. The van der Waals surface area contributed by atoms with Crippen molar-refractivity contribution in [2.24, 2.45) is 0 Å². The van der Waals surface area contributed by atoms with Crippen LogP contribution in [0.3, 0.4) is 0 Å². The summed E-state index contributed by atoms with van der Waals surface area (Å²) >= 11 is 1.65. The summed E-state index contributed by atoms with van der Waals surface area (Å²) < 4.78 is 5.71. The average molecular weight is 240 g/mol. The molecular formula is C12H20N2OS. The topological polar surface area (TPSA) is 34.1 Å². The van der Waals surface area contributed by atoms with Crippen molar-refractivity contribution in [2.75, 3.05) is 6.61 Å². The van der Waals surface area contributed by atoms with Gasteiger partial charge in [-0.15, -0.1) is 11.3 Å². The van der Waals surface area contributed by atoms with E-state index in [4.69, 9.17) is 4.74 Å². The Morgan fingerprint density at radius 2 is 2.44 bits per heavy atom. The summed E-state index contributed by atoms with van der Waals surface area (Å²) in [6.45, 7) is 7.36. The predicted molar refractivity (Wildman–Crippen MR) is 66.7 cm³/mol. The SMILES string of the molecule is CC(NC1CCOC(C)(C)C1)c1cscn1. The minimum Gasteiger partial charge on any atom is -0.375 e. The maximum Gasteiger partial charge on any atom is 0.0795 e. The molecule has 0 aromatic carbocycles. The molecule has 3 nitrogen and oxygen atoms in total. The minimum absolute atomic E-state index is 0.0116. The summed E-state index contributed by atoms with van der Waals surface area (Å²) in [5.74, 6) is 0. The molecule has 1 aliphatic rings. The fraction of sp³-hybridized carbons (Fsp3) is 0.750. The normalized spacial score (nSPS) is 26.6. The summed E-state index contributed by atoms with van der Waals surface area (Å²) in [5, 5.41) is 5.75. The third-order valence-electron chi connectivity index (χ3n) is 3.08. The molecule has 2 heterocycles. The van der Waals surface area contributed by atoms with Crippen LogP contribution in [-0.4, -0.2) is 23.2 Å². The van der Waals surface area contributed by atoms with Crippen molar-refractivity contribution >= 4 is 11.3 Å². The number of ether oxygens (including phenoxy) is 1. The number of aromatic nitrogens is 1. The molecule has 1 N–H and O–H groups in total. The van der Waals surface area contributed by atoms with Gasteiger partial charge in [0.15, 0.2) is 0 Å². The quantitative estimate of drug-likeness (QED) is 0.882. The minimum atomic E-state index is 0.0116. The summed E-state index contributed by atoms with van der Waals surface area (Å²) in [6.07, 6.45) is 2.17. The molecule has 1 aliphatic heterocycles. The third kappa shape index (κ3) is 3.03. The van der Waals surface area contributed by atoms with Gasteiger partial charge in [0.1, 0.15) is 0 Å². The van der Waals surface area contributed by atoms with Crippen LogP contribution in [0.25, 0.3) is 0 Å². The van der Waals surface area contributed by atoms with Crippen LogP contribution in [0, 0.1) is 0 Å². The lowest BCUT2D eigenvalue weighted by Gasteiger charge is -2.37. The molecule has 90 valence electrons. The van der Waals surface area contributed by atoms with E-state index in [9.17, 15) is 0 Å². The maximum atomic E-state index is 5.71. The third-order valence-corrected chi connectivity index (χ3v) is 3.68. The molecule has 1 fully saturated rings. The van der Waals surface area contributed by atoms with Crippen LogP contribution in [0.15, 0.2) is 10.9 Å². The van der Waals surface area contributed by atoms with Crippen molar-refractivity contribution in [3.8, 4) is 0 Å². The second-order valence-electron chi connectivity index (χ2n) is 5.10. The predicted octanol–water partition coefficient (Wildman–Crippen LogP) is 2.75. The number of rotatable bonds is 3. The number of thiazole rings is 1. The first-order valence-electron chi connectivity index (χ1n) is 5.85. The zero-order valence-electron chi connectivity index (χ0n) is 10.2. The fourth-order valence-electron chi connectivity index (χ4n) is 2.25. The Labute approximate surface area is 101 Å². The Bertz CT molecular complexity index is 324. The van der Waals surface area contributed by atoms with E-state index in [1.807, 2.05) is 5.51 Å². The summed E-state index contributed by atoms with van der Waals surface area (Å²) in [5.41, 5.74) is 3.05. The van der Waals surface area contributed by atoms with E-state index in [0.717, 1.165) is 25.1 Å². The van der Waals surface area contributed by atoms with E-state index in [2.05, 4.69) is 36.5 Å². The monoisotopic (exact) mass is 240 g/mol. The van der Waals surface area contributed by atoms with Crippen molar-refractivity contribution in [2.45, 2.75) is 51.3 Å². The van der Waals surface area contributed by atoms with Crippen molar-refractivity contribution < 1.29 is 4.74 Å². The highest BCUT2D eigenvalue weighted by molar-refractivity contribution is 7.07. The molecule has 0 amide bonds. The van der Waals surface area contributed by atoms with Crippen LogP contribution in [-0.2, 0) is 4.74 Å². The summed E-state index contributed by atoms with van der Waals surface area (Å²) in [6, 6.07) is 0.880. The second-order valence-corrected chi connectivity index (χ2v) is 5.82. The van der Waals surface area contributed by atoms with Gasteiger partial charge in [-0.3, -0.25) is 0 Å². The molecule has 0 bridgehead atoms. The van der Waals surface area contributed by atoms with E-state index >= 15 is 0 Å². The standard InChI is InChI=1S/C12H20N2OS/c1-9(11-7-16-8-13-11)14-10-4-5-15-12(2,3)6-10/h7-10,14H,4-6H2,1-3H3. The number of hydrogen-bond acceptors (Lipinski definition) is 4. The van der Waals surface area contributed by atoms with E-state index in [1.165, 1.54) is 0 Å². The Kier molecular flexibility index (Phi) is 3.62. The van der Waals surface area contributed by atoms with Gasteiger partial charge >= 0.3 is 0 Å². The first kappa shape index (κ1) is 12.0. The highest BCUT2D eigenvalue weighted by Crippen LogP contribution is 2.25. The van der Waals surface area contributed by atoms with E-state index in [0.29, 0.717) is 12.1 Å². The highest BCUT2D eigenvalue weighted by Gasteiger charge is 2.29. The van der Waals surface area contributed by atoms with E-state index in [1.54, 1.807) is 11.3 Å². The van der Waals surface area contributed by atoms with Crippen LogP contribution in [0.5, 0.6) is 0 Å². The first-order valence-corrected chi connectivity index (χ1v) is 6.79. The van der Waals surface area contributed by atoms with Gasteiger partial charge < -0.3 is 10.1 Å². The van der Waals surface area contributed by atoms with Gasteiger partial charge in [0.2, 0.25) is 0 Å². The molecule has 1 aromatic heterocycles. The van der Waals surface area contributed by atoms with Gasteiger partial charge in [-0.05, 0) is 33.6 Å². The molecule has 2 unspecified atom stereocenters. The van der Waals surface area contributed by atoms with E-state index in [-0.39, 0.29) is 5.60 Å². The highest BCUT2D eigenvalue weighted by atomic mass is 32.1. The van der Waals surface area contributed by atoms with Crippen molar-refractivity contribution in [1.82, 2.24) is 10.3 Å². The summed E-state index contributed by atoms with van der Waals surface area (Å²) in [7, 11) is 0.